The predicted octanol–water partition coefficient (Wildman–Crippen LogP) is 3.62. The molecule has 0 unspecified atom stereocenters. The lowest BCUT2D eigenvalue weighted by Crippen LogP contribution is -2.25. The lowest BCUT2D eigenvalue weighted by Gasteiger charge is -2.07. The molecular weight excluding hydrogens is 352 g/mol. The van der Waals surface area contributed by atoms with E-state index in [1.807, 2.05) is 0 Å². The van der Waals surface area contributed by atoms with Gasteiger partial charge in [-0.25, -0.2) is 13.5 Å². The van der Waals surface area contributed by atoms with Gasteiger partial charge in [0.1, 0.15) is 29.6 Å². The van der Waals surface area contributed by atoms with Crippen LogP contribution in [0.1, 0.15) is 28.9 Å². The first kappa shape index (κ1) is 17.2. The molecule has 1 aliphatic carbocycles. The molecular formula is C20H17F2N3O2. The van der Waals surface area contributed by atoms with Gasteiger partial charge in [-0.3, -0.25) is 4.79 Å². The maximum Gasteiger partial charge on any atom is 0.251 e. The van der Waals surface area contributed by atoms with Crippen molar-refractivity contribution in [1.82, 2.24) is 15.1 Å². The summed E-state index contributed by atoms with van der Waals surface area (Å²) in [6.07, 6.45) is 3.63. The van der Waals surface area contributed by atoms with Gasteiger partial charge < -0.3 is 10.1 Å². The van der Waals surface area contributed by atoms with Gasteiger partial charge in [-0.15, -0.1) is 0 Å². The summed E-state index contributed by atoms with van der Waals surface area (Å²) in [4.78, 5) is 12.1. The van der Waals surface area contributed by atoms with Crippen LogP contribution in [0, 0.1) is 11.6 Å². The molecule has 1 fully saturated rings. The van der Waals surface area contributed by atoms with Gasteiger partial charge in [0, 0.05) is 23.9 Å². The van der Waals surface area contributed by atoms with Crippen LogP contribution in [0.3, 0.4) is 0 Å². The normalized spacial score (nSPS) is 13.4. The number of nitrogens with one attached hydrogen (secondary N) is 1. The van der Waals surface area contributed by atoms with Crippen molar-refractivity contribution in [3.05, 3.63) is 77.6 Å². The second-order valence-corrected chi connectivity index (χ2v) is 6.41. The van der Waals surface area contributed by atoms with Crippen molar-refractivity contribution < 1.29 is 18.3 Å². The van der Waals surface area contributed by atoms with E-state index in [4.69, 9.17) is 4.74 Å². The van der Waals surface area contributed by atoms with E-state index in [-0.39, 0.29) is 24.2 Å². The standard InChI is InChI=1S/C20H17F2N3O2/c21-14-4-7-19(18(22)11-14)25-9-8-16(24-25)12-27-17-3-1-2-13(10-17)20(26)23-15-5-6-15/h1-4,7-11,15H,5-6,12H2,(H,23,26). The van der Waals surface area contributed by atoms with Crippen molar-refractivity contribution in [3.8, 4) is 11.4 Å². The summed E-state index contributed by atoms with van der Waals surface area (Å²) in [5.74, 6) is -0.905. The highest BCUT2D eigenvalue weighted by atomic mass is 19.1. The molecule has 1 heterocycles. The van der Waals surface area contributed by atoms with E-state index >= 15 is 0 Å². The Labute approximate surface area is 154 Å². The molecule has 0 atom stereocenters. The van der Waals surface area contributed by atoms with E-state index in [1.54, 1.807) is 36.5 Å². The Balaban J connectivity index is 1.42. The molecule has 0 bridgehead atoms. The number of carbonyl (C=O) groups excluding carboxylic acids is 1. The quantitative estimate of drug-likeness (QED) is 0.722. The zero-order valence-corrected chi connectivity index (χ0v) is 14.4. The first-order valence-electron chi connectivity index (χ1n) is 8.62. The molecule has 27 heavy (non-hydrogen) atoms. The summed E-state index contributed by atoms with van der Waals surface area (Å²) < 4.78 is 33.9. The average molecular weight is 369 g/mol. The summed E-state index contributed by atoms with van der Waals surface area (Å²) in [5, 5.41) is 7.17. The molecule has 138 valence electrons. The molecule has 7 heteroatoms. The van der Waals surface area contributed by atoms with Gasteiger partial charge >= 0.3 is 0 Å². The first-order valence-corrected chi connectivity index (χ1v) is 8.62. The second-order valence-electron chi connectivity index (χ2n) is 6.41. The van der Waals surface area contributed by atoms with E-state index in [9.17, 15) is 13.6 Å². The fourth-order valence-electron chi connectivity index (χ4n) is 2.62. The molecule has 1 aliphatic rings. The van der Waals surface area contributed by atoms with Crippen LogP contribution in [0.25, 0.3) is 5.69 Å². The van der Waals surface area contributed by atoms with Gasteiger partial charge in [0.2, 0.25) is 0 Å². The Morgan fingerprint density at radius 1 is 1.19 bits per heavy atom. The van der Waals surface area contributed by atoms with Gasteiger partial charge in [-0.1, -0.05) is 6.07 Å². The van der Waals surface area contributed by atoms with E-state index in [2.05, 4.69) is 10.4 Å². The topological polar surface area (TPSA) is 56.1 Å². The van der Waals surface area contributed by atoms with Crippen LogP contribution < -0.4 is 10.1 Å². The highest BCUT2D eigenvalue weighted by Crippen LogP contribution is 2.21. The lowest BCUT2D eigenvalue weighted by atomic mass is 10.2. The molecule has 1 amide bonds. The van der Waals surface area contributed by atoms with Crippen LogP contribution in [-0.4, -0.2) is 21.7 Å². The molecule has 2 aromatic carbocycles. The fourth-order valence-corrected chi connectivity index (χ4v) is 2.62. The van der Waals surface area contributed by atoms with Gasteiger partial charge in [0.15, 0.2) is 5.82 Å². The van der Waals surface area contributed by atoms with E-state index in [1.165, 1.54) is 16.8 Å². The third-order valence-corrected chi connectivity index (χ3v) is 4.20. The van der Waals surface area contributed by atoms with E-state index in [0.717, 1.165) is 18.9 Å². The number of hydrogen-bond acceptors (Lipinski definition) is 3. The number of aromatic nitrogens is 2. The monoisotopic (exact) mass is 369 g/mol. The van der Waals surface area contributed by atoms with Crippen molar-refractivity contribution >= 4 is 5.91 Å². The number of ether oxygens (including phenoxy) is 1. The Hall–Kier alpha value is -3.22. The number of amides is 1. The van der Waals surface area contributed by atoms with E-state index < -0.39 is 11.6 Å². The summed E-state index contributed by atoms with van der Waals surface area (Å²) >= 11 is 0. The van der Waals surface area contributed by atoms with Crippen LogP contribution in [0.2, 0.25) is 0 Å². The number of benzene rings is 2. The molecule has 0 spiro atoms. The van der Waals surface area contributed by atoms with Crippen molar-refractivity contribution in [3.63, 3.8) is 0 Å². The van der Waals surface area contributed by atoms with E-state index in [0.29, 0.717) is 17.0 Å². The first-order chi connectivity index (χ1) is 13.1. The van der Waals surface area contributed by atoms with Crippen LogP contribution in [0.15, 0.2) is 54.7 Å². The Bertz CT molecular complexity index is 983. The highest BCUT2D eigenvalue weighted by Gasteiger charge is 2.23. The third kappa shape index (κ3) is 4.13. The molecule has 0 aliphatic heterocycles. The average Bonchev–Trinajstić information content (AvgIpc) is 3.35. The van der Waals surface area contributed by atoms with Crippen LogP contribution in [0.4, 0.5) is 8.78 Å². The number of rotatable bonds is 6. The summed E-state index contributed by atoms with van der Waals surface area (Å²) in [7, 11) is 0. The zero-order chi connectivity index (χ0) is 18.8. The lowest BCUT2D eigenvalue weighted by molar-refractivity contribution is 0.0950. The van der Waals surface area contributed by atoms with Gasteiger partial charge in [0.25, 0.3) is 5.91 Å². The zero-order valence-electron chi connectivity index (χ0n) is 14.4. The summed E-state index contributed by atoms with van der Waals surface area (Å²) in [6.45, 7) is 0.156. The van der Waals surface area contributed by atoms with Crippen molar-refractivity contribution in [2.75, 3.05) is 0 Å². The molecule has 1 saturated carbocycles. The molecule has 4 rings (SSSR count). The molecule has 0 radical (unpaired) electrons. The van der Waals surface area contributed by atoms with Crippen LogP contribution >= 0.6 is 0 Å². The molecule has 0 saturated heterocycles. The number of carbonyl (C=O) groups is 1. The Morgan fingerprint density at radius 2 is 2.04 bits per heavy atom. The van der Waals surface area contributed by atoms with Crippen molar-refractivity contribution in [2.45, 2.75) is 25.5 Å². The summed E-state index contributed by atoms with van der Waals surface area (Å²) in [5.41, 5.74) is 1.27. The Morgan fingerprint density at radius 3 is 2.81 bits per heavy atom. The van der Waals surface area contributed by atoms with Crippen molar-refractivity contribution in [2.24, 2.45) is 0 Å². The number of halogens is 2. The molecule has 1 aromatic heterocycles. The van der Waals surface area contributed by atoms with Gasteiger partial charge in [-0.05, 0) is 49.2 Å². The second kappa shape index (κ2) is 7.19. The minimum atomic E-state index is -0.694. The summed E-state index contributed by atoms with van der Waals surface area (Å²) in [6, 6.07) is 12.2. The maximum absolute atomic E-state index is 13.8. The maximum atomic E-state index is 13.8. The SMILES string of the molecule is O=C(NC1CC1)c1cccc(OCc2ccn(-c3ccc(F)cc3F)n2)c1. The fraction of sp³-hybridized carbons (Fsp3) is 0.200. The van der Waals surface area contributed by atoms with Gasteiger partial charge in [0.05, 0.1) is 0 Å². The minimum Gasteiger partial charge on any atom is -0.487 e. The predicted molar refractivity (Wildman–Crippen MR) is 94.7 cm³/mol. The molecule has 3 aromatic rings. The molecule has 1 N–H and O–H groups in total. The van der Waals surface area contributed by atoms with Gasteiger partial charge in [-0.2, -0.15) is 5.10 Å². The van der Waals surface area contributed by atoms with Crippen LogP contribution in [-0.2, 0) is 6.61 Å². The largest absolute Gasteiger partial charge is 0.487 e. The molecule has 5 nitrogen and oxygen atoms in total. The number of nitrogens with zero attached hydrogens (tertiary/aromatic N) is 2. The smallest absolute Gasteiger partial charge is 0.251 e. The van der Waals surface area contributed by atoms with Crippen LogP contribution in [0.5, 0.6) is 5.75 Å². The third-order valence-electron chi connectivity index (χ3n) is 4.20. The minimum absolute atomic E-state index is 0.112. The number of hydrogen-bond donors (Lipinski definition) is 1. The Kier molecular flexibility index (Phi) is 4.58. The highest BCUT2D eigenvalue weighted by molar-refractivity contribution is 5.94. The van der Waals surface area contributed by atoms with Crippen molar-refractivity contribution in [1.29, 1.82) is 0 Å².